The van der Waals surface area contributed by atoms with Crippen LogP contribution in [0.4, 0.5) is 5.69 Å². The van der Waals surface area contributed by atoms with Gasteiger partial charge in [-0.1, -0.05) is 48.0 Å². The summed E-state index contributed by atoms with van der Waals surface area (Å²) in [5.74, 6) is 0.602. The Morgan fingerprint density at radius 2 is 1.93 bits per heavy atom. The minimum absolute atomic E-state index is 0.0976. The van der Waals surface area contributed by atoms with Crippen LogP contribution < -0.4 is 10.1 Å². The number of hydrogen-bond acceptors (Lipinski definition) is 4. The molecular weight excluding hydrogens is 380 g/mol. The third-order valence-electron chi connectivity index (χ3n) is 4.18. The molecule has 4 nitrogen and oxygen atoms in total. The first-order valence-corrected chi connectivity index (χ1v) is 9.70. The van der Waals surface area contributed by atoms with E-state index in [2.05, 4.69) is 5.32 Å². The number of rotatable bonds is 7. The maximum Gasteiger partial charge on any atom is 0.246 e. The van der Waals surface area contributed by atoms with Crippen LogP contribution in [0.5, 0.6) is 5.75 Å². The summed E-state index contributed by atoms with van der Waals surface area (Å²) in [5, 5.41) is 3.00. The van der Waals surface area contributed by atoms with E-state index in [4.69, 9.17) is 16.3 Å². The molecule has 0 saturated carbocycles. The Morgan fingerprint density at radius 1 is 1.15 bits per heavy atom. The fourth-order valence-corrected chi connectivity index (χ4v) is 4.08. The highest BCUT2D eigenvalue weighted by molar-refractivity contribution is 7.16. The van der Waals surface area contributed by atoms with Crippen molar-refractivity contribution in [3.05, 3.63) is 81.5 Å². The van der Waals surface area contributed by atoms with E-state index in [1.54, 1.807) is 13.2 Å². The number of carbonyl (C=O) groups is 1. The highest BCUT2D eigenvalue weighted by Gasteiger charge is 2.25. The minimum atomic E-state index is -0.432. The van der Waals surface area contributed by atoms with Crippen molar-refractivity contribution in [3.63, 3.8) is 0 Å². The lowest BCUT2D eigenvalue weighted by atomic mass is 10.0. The molecule has 1 N–H and O–H groups in total. The van der Waals surface area contributed by atoms with Crippen LogP contribution in [0.2, 0.25) is 4.34 Å². The molecule has 3 rings (SSSR count). The summed E-state index contributed by atoms with van der Waals surface area (Å²) in [7, 11) is 3.55. The number of likely N-dealkylation sites (N-methyl/N-ethyl adjacent to an activating group) is 1. The Kier molecular flexibility index (Phi) is 6.50. The molecule has 0 fully saturated rings. The maximum absolute atomic E-state index is 13.1. The molecule has 3 aromatic rings. The van der Waals surface area contributed by atoms with E-state index in [0.717, 1.165) is 14.8 Å². The van der Waals surface area contributed by atoms with Crippen LogP contribution in [-0.4, -0.2) is 25.0 Å². The van der Waals surface area contributed by atoms with Crippen molar-refractivity contribution < 1.29 is 9.53 Å². The summed E-state index contributed by atoms with van der Waals surface area (Å²) in [4.78, 5) is 16.3. The predicted molar refractivity (Wildman–Crippen MR) is 112 cm³/mol. The van der Waals surface area contributed by atoms with Crippen LogP contribution in [-0.2, 0) is 11.3 Å². The van der Waals surface area contributed by atoms with Crippen molar-refractivity contribution in [2.75, 3.05) is 19.5 Å². The van der Waals surface area contributed by atoms with Gasteiger partial charge < -0.3 is 10.1 Å². The number of halogens is 1. The summed E-state index contributed by atoms with van der Waals surface area (Å²) in [6.07, 6.45) is 0. The van der Waals surface area contributed by atoms with Gasteiger partial charge in [0.15, 0.2) is 0 Å². The number of ether oxygens (including phenoxy) is 1. The monoisotopic (exact) mass is 400 g/mol. The second-order valence-electron chi connectivity index (χ2n) is 6.16. The Morgan fingerprint density at radius 3 is 2.59 bits per heavy atom. The van der Waals surface area contributed by atoms with Crippen LogP contribution in [0.15, 0.2) is 66.7 Å². The number of amides is 1. The van der Waals surface area contributed by atoms with Gasteiger partial charge in [0.05, 0.1) is 11.4 Å². The molecule has 1 aromatic heterocycles. The summed E-state index contributed by atoms with van der Waals surface area (Å²) >= 11 is 7.57. The Hall–Kier alpha value is -2.34. The Balaban J connectivity index is 1.83. The van der Waals surface area contributed by atoms with Crippen molar-refractivity contribution in [3.8, 4) is 5.75 Å². The predicted octanol–water partition coefficient (Wildman–Crippen LogP) is 5.22. The lowest BCUT2D eigenvalue weighted by molar-refractivity contribution is -0.121. The van der Waals surface area contributed by atoms with Crippen LogP contribution >= 0.6 is 22.9 Å². The SMILES string of the molecule is COc1cccc(NC(=O)[C@@H](c2ccccc2)N(C)Cc2ccc(Cl)s2)c1. The smallest absolute Gasteiger partial charge is 0.246 e. The molecule has 0 unspecified atom stereocenters. The van der Waals surface area contributed by atoms with Crippen LogP contribution in [0.1, 0.15) is 16.5 Å². The molecule has 0 aliphatic rings. The number of thiophene rings is 1. The minimum Gasteiger partial charge on any atom is -0.497 e. The largest absolute Gasteiger partial charge is 0.497 e. The molecule has 27 heavy (non-hydrogen) atoms. The number of anilines is 1. The lowest BCUT2D eigenvalue weighted by Gasteiger charge is -2.27. The Bertz CT molecular complexity index is 898. The summed E-state index contributed by atoms with van der Waals surface area (Å²) in [6.45, 7) is 0.627. The van der Waals surface area contributed by atoms with Gasteiger partial charge in [-0.2, -0.15) is 0 Å². The van der Waals surface area contributed by atoms with Crippen molar-refractivity contribution >= 4 is 34.5 Å². The molecule has 1 atom stereocenters. The molecule has 0 radical (unpaired) electrons. The third-order valence-corrected chi connectivity index (χ3v) is 5.39. The van der Waals surface area contributed by atoms with Gasteiger partial charge in [-0.05, 0) is 36.9 Å². The van der Waals surface area contributed by atoms with Crippen LogP contribution in [0, 0.1) is 0 Å². The van der Waals surface area contributed by atoms with E-state index in [1.165, 1.54) is 11.3 Å². The maximum atomic E-state index is 13.1. The van der Waals surface area contributed by atoms with Gasteiger partial charge in [0, 0.05) is 23.2 Å². The zero-order chi connectivity index (χ0) is 19.2. The number of hydrogen-bond donors (Lipinski definition) is 1. The van der Waals surface area contributed by atoms with Crippen molar-refractivity contribution in [1.82, 2.24) is 4.90 Å². The molecule has 0 bridgehead atoms. The van der Waals surface area contributed by atoms with Gasteiger partial charge >= 0.3 is 0 Å². The number of carbonyl (C=O) groups excluding carboxylic acids is 1. The van der Waals surface area contributed by atoms with Crippen molar-refractivity contribution in [1.29, 1.82) is 0 Å². The summed E-state index contributed by atoms with van der Waals surface area (Å²) in [5.41, 5.74) is 1.64. The van der Waals surface area contributed by atoms with Gasteiger partial charge in [-0.25, -0.2) is 0 Å². The molecule has 0 saturated heterocycles. The Labute approximate surface area is 168 Å². The van der Waals surface area contributed by atoms with Gasteiger partial charge in [-0.3, -0.25) is 9.69 Å². The second kappa shape index (κ2) is 9.04. The molecule has 0 aliphatic carbocycles. The fourth-order valence-electron chi connectivity index (χ4n) is 2.93. The lowest BCUT2D eigenvalue weighted by Crippen LogP contribution is -2.34. The van der Waals surface area contributed by atoms with E-state index < -0.39 is 6.04 Å². The zero-order valence-electron chi connectivity index (χ0n) is 15.2. The van der Waals surface area contributed by atoms with E-state index in [1.807, 2.05) is 72.6 Å². The summed E-state index contributed by atoms with van der Waals surface area (Å²) < 4.78 is 5.98. The highest BCUT2D eigenvalue weighted by atomic mass is 35.5. The number of methoxy groups -OCH3 is 1. The van der Waals surface area contributed by atoms with Crippen LogP contribution in [0.3, 0.4) is 0 Å². The molecule has 1 heterocycles. The molecular formula is C21H21ClN2O2S. The normalized spacial score (nSPS) is 12.0. The summed E-state index contributed by atoms with van der Waals surface area (Å²) in [6, 6.07) is 20.5. The van der Waals surface area contributed by atoms with E-state index >= 15 is 0 Å². The van der Waals surface area contributed by atoms with Crippen LogP contribution in [0.25, 0.3) is 0 Å². The molecule has 140 valence electrons. The van der Waals surface area contributed by atoms with Gasteiger partial charge in [0.1, 0.15) is 11.8 Å². The topological polar surface area (TPSA) is 41.6 Å². The average Bonchev–Trinajstić information content (AvgIpc) is 3.07. The molecule has 0 spiro atoms. The van der Waals surface area contributed by atoms with Crippen molar-refractivity contribution in [2.45, 2.75) is 12.6 Å². The average molecular weight is 401 g/mol. The zero-order valence-corrected chi connectivity index (χ0v) is 16.8. The number of nitrogens with one attached hydrogen (secondary N) is 1. The molecule has 2 aromatic carbocycles. The molecule has 1 amide bonds. The third kappa shape index (κ3) is 5.10. The first-order valence-electron chi connectivity index (χ1n) is 8.51. The van der Waals surface area contributed by atoms with Gasteiger partial charge in [-0.15, -0.1) is 11.3 Å². The number of nitrogens with zero attached hydrogens (tertiary/aromatic N) is 1. The van der Waals surface area contributed by atoms with Gasteiger partial charge in [0.2, 0.25) is 5.91 Å². The van der Waals surface area contributed by atoms with E-state index in [-0.39, 0.29) is 5.91 Å². The molecule has 6 heteroatoms. The van der Waals surface area contributed by atoms with Crippen molar-refractivity contribution in [2.24, 2.45) is 0 Å². The number of benzene rings is 2. The highest BCUT2D eigenvalue weighted by Crippen LogP contribution is 2.28. The second-order valence-corrected chi connectivity index (χ2v) is 7.95. The first-order chi connectivity index (χ1) is 13.1. The standard InChI is InChI=1S/C21H21ClN2O2S/c1-24(14-18-11-12-19(22)27-18)20(15-7-4-3-5-8-15)21(25)23-16-9-6-10-17(13-16)26-2/h3-13,20H,14H2,1-2H3,(H,23,25)/t20-/m1/s1. The van der Waals surface area contributed by atoms with E-state index in [0.29, 0.717) is 18.0 Å². The fraction of sp³-hybridized carbons (Fsp3) is 0.190. The molecule has 0 aliphatic heterocycles. The first kappa shape index (κ1) is 19.4. The van der Waals surface area contributed by atoms with E-state index in [9.17, 15) is 4.79 Å². The quantitative estimate of drug-likeness (QED) is 0.591. The van der Waals surface area contributed by atoms with Gasteiger partial charge in [0.25, 0.3) is 0 Å².